The molecule has 0 aliphatic carbocycles. The third-order valence-electron chi connectivity index (χ3n) is 2.58. The minimum absolute atomic E-state index is 0.109. The molecule has 0 amide bonds. The zero-order valence-electron chi connectivity index (χ0n) is 9.73. The van der Waals surface area contributed by atoms with Crippen LogP contribution in [0.3, 0.4) is 0 Å². The molecule has 1 heterocycles. The van der Waals surface area contributed by atoms with Gasteiger partial charge in [0.1, 0.15) is 5.82 Å². The highest BCUT2D eigenvalue weighted by molar-refractivity contribution is 5.55. The molecule has 17 heavy (non-hydrogen) atoms. The molecule has 0 saturated carbocycles. The highest BCUT2D eigenvalue weighted by atomic mass is 16.1. The summed E-state index contributed by atoms with van der Waals surface area (Å²) in [5, 5.41) is 0. The lowest BCUT2D eigenvalue weighted by Crippen LogP contribution is -2.17. The van der Waals surface area contributed by atoms with Gasteiger partial charge in [-0.25, -0.2) is 4.98 Å². The molecule has 2 rings (SSSR count). The van der Waals surface area contributed by atoms with E-state index in [4.69, 9.17) is 5.73 Å². The second kappa shape index (κ2) is 4.93. The van der Waals surface area contributed by atoms with Gasteiger partial charge in [0.15, 0.2) is 0 Å². The maximum atomic E-state index is 11.7. The molecule has 1 aromatic heterocycles. The molecule has 0 spiro atoms. The number of hydrogen-bond donors (Lipinski definition) is 2. The monoisotopic (exact) mass is 229 g/mol. The highest BCUT2D eigenvalue weighted by Crippen LogP contribution is 2.14. The van der Waals surface area contributed by atoms with Crippen LogP contribution in [0.25, 0.3) is 11.4 Å². The Morgan fingerprint density at radius 2 is 2.24 bits per heavy atom. The highest BCUT2D eigenvalue weighted by Gasteiger charge is 2.04. The second-order valence-corrected chi connectivity index (χ2v) is 3.99. The van der Waals surface area contributed by atoms with E-state index < -0.39 is 0 Å². The van der Waals surface area contributed by atoms with Gasteiger partial charge >= 0.3 is 0 Å². The van der Waals surface area contributed by atoms with Gasteiger partial charge in [-0.3, -0.25) is 4.79 Å². The first-order chi connectivity index (χ1) is 8.20. The van der Waals surface area contributed by atoms with Crippen molar-refractivity contribution in [2.45, 2.75) is 13.3 Å². The van der Waals surface area contributed by atoms with Crippen LogP contribution in [0.2, 0.25) is 0 Å². The number of rotatable bonds is 3. The van der Waals surface area contributed by atoms with Crippen LogP contribution in [0, 0.1) is 6.92 Å². The first-order valence-corrected chi connectivity index (χ1v) is 5.56. The van der Waals surface area contributed by atoms with E-state index in [0.717, 1.165) is 11.1 Å². The first-order valence-electron chi connectivity index (χ1n) is 5.56. The topological polar surface area (TPSA) is 71.8 Å². The van der Waals surface area contributed by atoms with Crippen molar-refractivity contribution in [1.29, 1.82) is 0 Å². The Bertz CT molecular complexity index is 575. The number of nitrogens with one attached hydrogen (secondary N) is 1. The van der Waals surface area contributed by atoms with Crippen molar-refractivity contribution in [2.75, 3.05) is 6.54 Å². The van der Waals surface area contributed by atoms with Crippen molar-refractivity contribution in [1.82, 2.24) is 9.97 Å². The first kappa shape index (κ1) is 11.5. The zero-order chi connectivity index (χ0) is 12.3. The summed E-state index contributed by atoms with van der Waals surface area (Å²) in [4.78, 5) is 18.8. The predicted octanol–water partition coefficient (Wildman–Crippen LogP) is 1.25. The van der Waals surface area contributed by atoms with E-state index >= 15 is 0 Å². The van der Waals surface area contributed by atoms with Crippen molar-refractivity contribution < 1.29 is 0 Å². The zero-order valence-corrected chi connectivity index (χ0v) is 9.73. The Balaban J connectivity index is 2.41. The van der Waals surface area contributed by atoms with Crippen LogP contribution in [0.5, 0.6) is 0 Å². The summed E-state index contributed by atoms with van der Waals surface area (Å²) < 4.78 is 0. The molecular formula is C13H15N3O. The molecular weight excluding hydrogens is 214 g/mol. The van der Waals surface area contributed by atoms with Crippen molar-refractivity contribution >= 4 is 0 Å². The summed E-state index contributed by atoms with van der Waals surface area (Å²) in [7, 11) is 0. The van der Waals surface area contributed by atoms with Gasteiger partial charge < -0.3 is 10.7 Å². The Morgan fingerprint density at radius 1 is 1.41 bits per heavy atom. The Kier molecular flexibility index (Phi) is 3.35. The van der Waals surface area contributed by atoms with Gasteiger partial charge in [0, 0.05) is 17.3 Å². The van der Waals surface area contributed by atoms with Gasteiger partial charge in [0.25, 0.3) is 5.56 Å². The van der Waals surface area contributed by atoms with E-state index in [0.29, 0.717) is 24.4 Å². The summed E-state index contributed by atoms with van der Waals surface area (Å²) in [6.45, 7) is 2.46. The summed E-state index contributed by atoms with van der Waals surface area (Å²) in [6.07, 6.45) is 2.15. The molecule has 1 aromatic carbocycles. The number of aromatic nitrogens is 2. The van der Waals surface area contributed by atoms with Gasteiger partial charge in [-0.05, 0) is 26.0 Å². The second-order valence-electron chi connectivity index (χ2n) is 3.99. The number of nitrogens with two attached hydrogens (primary N) is 1. The molecule has 0 unspecified atom stereocenters. The SMILES string of the molecule is Cc1cccc(-c2ncc(CCN)c(=O)[nH]2)c1. The van der Waals surface area contributed by atoms with Gasteiger partial charge in [0.05, 0.1) is 0 Å². The fourth-order valence-corrected chi connectivity index (χ4v) is 1.69. The van der Waals surface area contributed by atoms with Crippen LogP contribution < -0.4 is 11.3 Å². The Hall–Kier alpha value is -1.94. The molecule has 0 saturated heterocycles. The maximum absolute atomic E-state index is 11.7. The molecule has 0 aliphatic heterocycles. The molecule has 0 atom stereocenters. The van der Waals surface area contributed by atoms with Crippen molar-refractivity contribution in [3.8, 4) is 11.4 Å². The van der Waals surface area contributed by atoms with Crippen LogP contribution in [-0.2, 0) is 6.42 Å². The van der Waals surface area contributed by atoms with Gasteiger partial charge in [0.2, 0.25) is 0 Å². The normalized spacial score (nSPS) is 10.5. The summed E-state index contributed by atoms with van der Waals surface area (Å²) in [5.74, 6) is 0.597. The average molecular weight is 229 g/mol. The number of aromatic amines is 1. The lowest BCUT2D eigenvalue weighted by molar-refractivity contribution is 0.924. The van der Waals surface area contributed by atoms with Crippen molar-refractivity contribution in [3.05, 3.63) is 51.9 Å². The van der Waals surface area contributed by atoms with Gasteiger partial charge in [-0.1, -0.05) is 23.8 Å². The lowest BCUT2D eigenvalue weighted by Gasteiger charge is -2.03. The average Bonchev–Trinajstić information content (AvgIpc) is 2.32. The number of hydrogen-bond acceptors (Lipinski definition) is 3. The molecule has 4 nitrogen and oxygen atoms in total. The minimum Gasteiger partial charge on any atom is -0.330 e. The van der Waals surface area contributed by atoms with Crippen LogP contribution in [0.4, 0.5) is 0 Å². The predicted molar refractivity (Wildman–Crippen MR) is 67.8 cm³/mol. The number of aryl methyl sites for hydroxylation is 1. The molecule has 0 aliphatic rings. The molecule has 0 fully saturated rings. The molecule has 3 N–H and O–H groups in total. The summed E-state index contributed by atoms with van der Waals surface area (Å²) >= 11 is 0. The Morgan fingerprint density at radius 3 is 2.88 bits per heavy atom. The molecule has 2 aromatic rings. The Labute approximate surface area is 99.5 Å². The van der Waals surface area contributed by atoms with E-state index in [9.17, 15) is 4.79 Å². The van der Waals surface area contributed by atoms with Gasteiger partial charge in [-0.15, -0.1) is 0 Å². The van der Waals surface area contributed by atoms with E-state index in [1.165, 1.54) is 0 Å². The smallest absolute Gasteiger partial charge is 0.254 e. The minimum atomic E-state index is -0.109. The molecule has 4 heteroatoms. The summed E-state index contributed by atoms with van der Waals surface area (Å²) in [6, 6.07) is 7.86. The van der Waals surface area contributed by atoms with Crippen LogP contribution in [-0.4, -0.2) is 16.5 Å². The van der Waals surface area contributed by atoms with Crippen molar-refractivity contribution in [2.24, 2.45) is 5.73 Å². The number of nitrogens with zero attached hydrogens (tertiary/aromatic N) is 1. The van der Waals surface area contributed by atoms with Crippen LogP contribution >= 0.6 is 0 Å². The van der Waals surface area contributed by atoms with E-state index in [1.54, 1.807) is 6.20 Å². The van der Waals surface area contributed by atoms with E-state index in [2.05, 4.69) is 9.97 Å². The van der Waals surface area contributed by atoms with E-state index in [1.807, 2.05) is 31.2 Å². The quantitative estimate of drug-likeness (QED) is 0.832. The lowest BCUT2D eigenvalue weighted by atomic mass is 10.1. The van der Waals surface area contributed by atoms with E-state index in [-0.39, 0.29) is 5.56 Å². The molecule has 88 valence electrons. The maximum Gasteiger partial charge on any atom is 0.254 e. The van der Waals surface area contributed by atoms with Gasteiger partial charge in [-0.2, -0.15) is 0 Å². The van der Waals surface area contributed by atoms with Crippen molar-refractivity contribution in [3.63, 3.8) is 0 Å². The summed E-state index contributed by atoms with van der Waals surface area (Å²) in [5.41, 5.74) is 7.99. The number of H-pyrrole nitrogens is 1. The third kappa shape index (κ3) is 2.60. The van der Waals surface area contributed by atoms with Crippen LogP contribution in [0.1, 0.15) is 11.1 Å². The molecule has 0 radical (unpaired) electrons. The standard InChI is InChI=1S/C13H15N3O/c1-9-3-2-4-10(7-9)12-15-8-11(5-6-14)13(17)16-12/h2-4,7-8H,5-6,14H2,1H3,(H,15,16,17). The molecule has 0 bridgehead atoms. The van der Waals surface area contributed by atoms with Crippen LogP contribution in [0.15, 0.2) is 35.3 Å². The third-order valence-corrected chi connectivity index (χ3v) is 2.58. The fourth-order valence-electron chi connectivity index (χ4n) is 1.69. The fraction of sp³-hybridized carbons (Fsp3) is 0.231. The largest absolute Gasteiger partial charge is 0.330 e. The number of benzene rings is 1.